The predicted molar refractivity (Wildman–Crippen MR) is 186 cm³/mol. The van der Waals surface area contributed by atoms with E-state index in [0.717, 1.165) is 22.7 Å². The van der Waals surface area contributed by atoms with Crippen molar-refractivity contribution in [3.05, 3.63) is 128 Å². The molecule has 0 aliphatic heterocycles. The standard InChI is InChI=1S/C34H33Cl4N3O4S/c1-2-3-19-39-34(43)32(20-24-9-5-4-6-10-24)40(22-29-30(37)13-8-14-31(29)38)33(42)23-41(27-12-7-11-26(36)21-27)46(44,45)28-17-15-25(35)16-18-28/h4-18,21,32H,2-3,19-20,22-23H2,1H3,(H,39,43). The summed E-state index contributed by atoms with van der Waals surface area (Å²) in [6, 6.07) is 25.0. The third kappa shape index (κ3) is 9.17. The molecule has 4 rings (SSSR count). The predicted octanol–water partition coefficient (Wildman–Crippen LogP) is 8.05. The van der Waals surface area contributed by atoms with Gasteiger partial charge in [-0.2, -0.15) is 0 Å². The highest BCUT2D eigenvalue weighted by molar-refractivity contribution is 7.92. The van der Waals surface area contributed by atoms with Crippen molar-refractivity contribution in [2.45, 2.75) is 43.7 Å². The zero-order valence-electron chi connectivity index (χ0n) is 25.0. The van der Waals surface area contributed by atoms with Crippen LogP contribution in [0, 0.1) is 0 Å². The molecule has 1 atom stereocenters. The lowest BCUT2D eigenvalue weighted by Crippen LogP contribution is -2.53. The van der Waals surface area contributed by atoms with Crippen LogP contribution in [0.2, 0.25) is 20.1 Å². The Labute approximate surface area is 290 Å². The number of anilines is 1. The normalized spacial score (nSPS) is 11.9. The molecule has 7 nitrogen and oxygen atoms in total. The number of rotatable bonds is 14. The molecule has 1 unspecified atom stereocenters. The molecule has 0 spiro atoms. The number of hydrogen-bond donors (Lipinski definition) is 1. The van der Waals surface area contributed by atoms with Crippen LogP contribution >= 0.6 is 46.4 Å². The topological polar surface area (TPSA) is 86.8 Å². The number of benzene rings is 4. The van der Waals surface area contributed by atoms with E-state index in [1.54, 1.807) is 36.4 Å². The first-order valence-electron chi connectivity index (χ1n) is 14.6. The largest absolute Gasteiger partial charge is 0.354 e. The number of nitrogens with zero attached hydrogens (tertiary/aromatic N) is 2. The summed E-state index contributed by atoms with van der Waals surface area (Å²) in [7, 11) is -4.31. The van der Waals surface area contributed by atoms with Gasteiger partial charge in [0.15, 0.2) is 0 Å². The summed E-state index contributed by atoms with van der Waals surface area (Å²) in [5.74, 6) is -1.04. The van der Waals surface area contributed by atoms with Crippen molar-refractivity contribution in [2.24, 2.45) is 0 Å². The van der Waals surface area contributed by atoms with Crippen molar-refractivity contribution in [3.8, 4) is 0 Å². The average molecular weight is 722 g/mol. The Morgan fingerprint density at radius 3 is 2.09 bits per heavy atom. The van der Waals surface area contributed by atoms with Crippen molar-refractivity contribution in [2.75, 3.05) is 17.4 Å². The van der Waals surface area contributed by atoms with Gasteiger partial charge in [0.2, 0.25) is 11.8 Å². The van der Waals surface area contributed by atoms with Gasteiger partial charge < -0.3 is 10.2 Å². The zero-order valence-corrected chi connectivity index (χ0v) is 28.8. The molecule has 4 aromatic rings. The second-order valence-electron chi connectivity index (χ2n) is 10.5. The van der Waals surface area contributed by atoms with Gasteiger partial charge in [-0.25, -0.2) is 8.42 Å². The number of unbranched alkanes of at least 4 members (excludes halogenated alkanes) is 1. The van der Waals surface area contributed by atoms with Gasteiger partial charge >= 0.3 is 0 Å². The van der Waals surface area contributed by atoms with E-state index < -0.39 is 28.5 Å². The molecule has 2 amide bonds. The summed E-state index contributed by atoms with van der Waals surface area (Å²) in [5, 5.41) is 4.18. The van der Waals surface area contributed by atoms with Gasteiger partial charge in [-0.3, -0.25) is 13.9 Å². The molecule has 0 aliphatic rings. The average Bonchev–Trinajstić information content (AvgIpc) is 3.03. The molecule has 0 fully saturated rings. The molecule has 4 aromatic carbocycles. The van der Waals surface area contributed by atoms with Crippen molar-refractivity contribution >= 4 is 73.9 Å². The molecule has 12 heteroatoms. The first-order chi connectivity index (χ1) is 22.0. The van der Waals surface area contributed by atoms with Crippen LogP contribution in [0.15, 0.2) is 102 Å². The van der Waals surface area contributed by atoms with Crippen molar-refractivity contribution in [1.29, 1.82) is 0 Å². The Balaban J connectivity index is 1.82. The Kier molecular flexibility index (Phi) is 12.8. The minimum atomic E-state index is -4.31. The Bertz CT molecular complexity index is 1740. The van der Waals surface area contributed by atoms with Gasteiger partial charge in [0.1, 0.15) is 12.6 Å². The lowest BCUT2D eigenvalue weighted by Gasteiger charge is -2.34. The maximum Gasteiger partial charge on any atom is 0.264 e. The molecule has 46 heavy (non-hydrogen) atoms. The number of carbonyl (C=O) groups is 2. The van der Waals surface area contributed by atoms with Crippen molar-refractivity contribution < 1.29 is 18.0 Å². The third-order valence-electron chi connectivity index (χ3n) is 7.27. The molecule has 0 aromatic heterocycles. The number of amides is 2. The quantitative estimate of drug-likeness (QED) is 0.134. The van der Waals surface area contributed by atoms with E-state index >= 15 is 0 Å². The number of hydrogen-bond acceptors (Lipinski definition) is 4. The SMILES string of the molecule is CCCCNC(=O)C(Cc1ccccc1)N(Cc1c(Cl)cccc1Cl)C(=O)CN(c1cccc(Cl)c1)S(=O)(=O)c1ccc(Cl)cc1. The van der Waals surface area contributed by atoms with E-state index in [1.165, 1.54) is 35.2 Å². The van der Waals surface area contributed by atoms with Crippen LogP contribution in [0.1, 0.15) is 30.9 Å². The molecule has 0 aliphatic carbocycles. The molecule has 0 saturated heterocycles. The van der Waals surface area contributed by atoms with E-state index in [4.69, 9.17) is 46.4 Å². The summed E-state index contributed by atoms with van der Waals surface area (Å²) in [4.78, 5) is 29.6. The smallest absolute Gasteiger partial charge is 0.264 e. The Morgan fingerprint density at radius 2 is 1.46 bits per heavy atom. The van der Waals surface area contributed by atoms with Gasteiger partial charge in [0, 0.05) is 45.2 Å². The summed E-state index contributed by atoms with van der Waals surface area (Å²) in [5.41, 5.74) is 1.40. The Hall–Kier alpha value is -3.27. The molecule has 0 bridgehead atoms. The van der Waals surface area contributed by atoms with Gasteiger partial charge in [-0.1, -0.05) is 102 Å². The van der Waals surface area contributed by atoms with Crippen LogP contribution in [0.4, 0.5) is 5.69 Å². The van der Waals surface area contributed by atoms with Crippen LogP contribution in [-0.4, -0.2) is 44.3 Å². The molecule has 0 saturated carbocycles. The fraction of sp³-hybridized carbons (Fsp3) is 0.235. The lowest BCUT2D eigenvalue weighted by molar-refractivity contribution is -0.140. The van der Waals surface area contributed by atoms with E-state index in [-0.39, 0.29) is 34.5 Å². The zero-order chi connectivity index (χ0) is 33.3. The second kappa shape index (κ2) is 16.5. The van der Waals surface area contributed by atoms with E-state index in [2.05, 4.69) is 5.32 Å². The molecular formula is C34H33Cl4N3O4S. The van der Waals surface area contributed by atoms with Gasteiger partial charge in [0.25, 0.3) is 10.0 Å². The third-order valence-corrected chi connectivity index (χ3v) is 10.3. The maximum absolute atomic E-state index is 14.5. The molecule has 0 radical (unpaired) electrons. The van der Waals surface area contributed by atoms with Crippen LogP contribution in [0.3, 0.4) is 0 Å². The summed E-state index contributed by atoms with van der Waals surface area (Å²) >= 11 is 25.4. The lowest BCUT2D eigenvalue weighted by atomic mass is 10.0. The highest BCUT2D eigenvalue weighted by Gasteiger charge is 2.35. The minimum Gasteiger partial charge on any atom is -0.354 e. The maximum atomic E-state index is 14.5. The van der Waals surface area contributed by atoms with Crippen molar-refractivity contribution in [3.63, 3.8) is 0 Å². The first-order valence-corrected chi connectivity index (χ1v) is 17.5. The van der Waals surface area contributed by atoms with Crippen LogP contribution < -0.4 is 9.62 Å². The fourth-order valence-electron chi connectivity index (χ4n) is 4.81. The summed E-state index contributed by atoms with van der Waals surface area (Å²) < 4.78 is 29.2. The van der Waals surface area contributed by atoms with Crippen molar-refractivity contribution in [1.82, 2.24) is 10.2 Å². The number of nitrogens with one attached hydrogen (secondary N) is 1. The molecule has 242 valence electrons. The van der Waals surface area contributed by atoms with E-state index in [1.807, 2.05) is 37.3 Å². The van der Waals surface area contributed by atoms with Gasteiger partial charge in [0.05, 0.1) is 10.6 Å². The number of sulfonamides is 1. The summed E-state index contributed by atoms with van der Waals surface area (Å²) in [6.07, 6.45) is 1.77. The monoisotopic (exact) mass is 719 g/mol. The fourth-order valence-corrected chi connectivity index (χ4v) is 7.04. The molecule has 0 heterocycles. The van der Waals surface area contributed by atoms with Crippen LogP contribution in [0.25, 0.3) is 0 Å². The highest BCUT2D eigenvalue weighted by Crippen LogP contribution is 2.30. The van der Waals surface area contributed by atoms with Gasteiger partial charge in [-0.15, -0.1) is 0 Å². The van der Waals surface area contributed by atoms with E-state index in [0.29, 0.717) is 27.2 Å². The highest BCUT2D eigenvalue weighted by atomic mass is 35.5. The van der Waals surface area contributed by atoms with Gasteiger partial charge in [-0.05, 0) is 66.6 Å². The second-order valence-corrected chi connectivity index (χ2v) is 14.1. The number of carbonyl (C=O) groups excluding carboxylic acids is 2. The summed E-state index contributed by atoms with van der Waals surface area (Å²) in [6.45, 7) is 1.62. The van der Waals surface area contributed by atoms with Crippen LogP contribution in [-0.2, 0) is 32.6 Å². The van der Waals surface area contributed by atoms with Crippen LogP contribution in [0.5, 0.6) is 0 Å². The van der Waals surface area contributed by atoms with E-state index in [9.17, 15) is 18.0 Å². The molecular weight excluding hydrogens is 688 g/mol. The minimum absolute atomic E-state index is 0.0801. The molecule has 1 N–H and O–H groups in total. The number of halogens is 4. The Morgan fingerprint density at radius 1 is 0.804 bits per heavy atom. The first kappa shape index (κ1) is 35.6.